The molecule has 3 unspecified atom stereocenters. The second-order valence-electron chi connectivity index (χ2n) is 13.1. The predicted molar refractivity (Wildman–Crippen MR) is 209 cm³/mol. The van der Waals surface area contributed by atoms with Crippen LogP contribution in [0.1, 0.15) is 46.5 Å². The molecule has 1 aromatic heterocycles. The fraction of sp³-hybridized carbons (Fsp3) is 0.244. The van der Waals surface area contributed by atoms with Crippen molar-refractivity contribution in [3.05, 3.63) is 127 Å². The zero-order valence-corrected chi connectivity index (χ0v) is 30.4. The average molecular weight is 708 g/mol. The summed E-state index contributed by atoms with van der Waals surface area (Å²) < 4.78 is 11.7. The van der Waals surface area contributed by atoms with Crippen LogP contribution in [0.3, 0.4) is 0 Å². The van der Waals surface area contributed by atoms with E-state index in [0.29, 0.717) is 30.1 Å². The van der Waals surface area contributed by atoms with Gasteiger partial charge in [-0.05, 0) is 54.2 Å². The summed E-state index contributed by atoms with van der Waals surface area (Å²) in [7, 11) is 0. The summed E-state index contributed by atoms with van der Waals surface area (Å²) in [6, 6.07) is 41.2. The minimum absolute atomic E-state index is 0.0543. The van der Waals surface area contributed by atoms with Crippen LogP contribution in [0.15, 0.2) is 127 Å². The molecule has 270 valence electrons. The number of unbranched alkanes of at least 4 members (excludes halogenated alkanes) is 1. The first-order valence-electron chi connectivity index (χ1n) is 18.3. The van der Waals surface area contributed by atoms with Gasteiger partial charge in [0.05, 0.1) is 5.56 Å². The monoisotopic (exact) mass is 707 g/mol. The number of esters is 1. The summed E-state index contributed by atoms with van der Waals surface area (Å²) in [5, 5.41) is 21.1. The quantitative estimate of drug-likeness (QED) is 0.101. The summed E-state index contributed by atoms with van der Waals surface area (Å²) in [6.07, 6.45) is 1.88. The average Bonchev–Trinajstić information content (AvgIpc) is 3.21. The van der Waals surface area contributed by atoms with Crippen molar-refractivity contribution in [2.24, 2.45) is 5.92 Å². The Labute approximate surface area is 311 Å². The van der Waals surface area contributed by atoms with Gasteiger partial charge in [-0.2, -0.15) is 0 Å². The number of rotatable bonds is 15. The van der Waals surface area contributed by atoms with Crippen molar-refractivity contribution in [3.8, 4) is 67.9 Å². The maximum absolute atomic E-state index is 13.1. The van der Waals surface area contributed by atoms with E-state index in [-0.39, 0.29) is 29.8 Å². The van der Waals surface area contributed by atoms with Crippen molar-refractivity contribution in [2.75, 3.05) is 6.61 Å². The van der Waals surface area contributed by atoms with E-state index in [1.54, 1.807) is 19.1 Å². The zero-order chi connectivity index (χ0) is 37.2. The van der Waals surface area contributed by atoms with Crippen LogP contribution in [0.5, 0.6) is 11.5 Å². The number of carbonyl (C=O) groups is 1. The Morgan fingerprint density at radius 1 is 0.660 bits per heavy atom. The molecule has 5 aromatic carbocycles. The van der Waals surface area contributed by atoms with E-state index >= 15 is 0 Å². The van der Waals surface area contributed by atoms with Crippen molar-refractivity contribution >= 4 is 5.97 Å². The van der Waals surface area contributed by atoms with Gasteiger partial charge >= 0.3 is 5.97 Å². The fourth-order valence-corrected chi connectivity index (χ4v) is 6.22. The maximum atomic E-state index is 13.1. The largest absolute Gasteiger partial charge is 0.507 e. The number of carbonyl (C=O) groups excluding carboxylic acids is 1. The molecule has 2 N–H and O–H groups in total. The van der Waals surface area contributed by atoms with Crippen molar-refractivity contribution in [1.82, 2.24) is 15.0 Å². The third kappa shape index (κ3) is 9.15. The Kier molecular flexibility index (Phi) is 12.2. The number of aliphatic hydroxyl groups excluding tert-OH is 1. The summed E-state index contributed by atoms with van der Waals surface area (Å²) >= 11 is 0. The topological polar surface area (TPSA) is 115 Å². The third-order valence-electron chi connectivity index (χ3n) is 9.39. The van der Waals surface area contributed by atoms with Gasteiger partial charge in [0.2, 0.25) is 0 Å². The lowest BCUT2D eigenvalue weighted by Gasteiger charge is -2.26. The molecular formula is C45H45N3O5. The summed E-state index contributed by atoms with van der Waals surface area (Å²) in [4.78, 5) is 27.6. The molecule has 0 aliphatic rings. The van der Waals surface area contributed by atoms with E-state index in [0.717, 1.165) is 46.2 Å². The van der Waals surface area contributed by atoms with Crippen molar-refractivity contribution in [3.63, 3.8) is 0 Å². The lowest BCUT2D eigenvalue weighted by atomic mass is 9.96. The predicted octanol–water partition coefficient (Wildman–Crippen LogP) is 9.80. The maximum Gasteiger partial charge on any atom is 0.347 e. The first kappa shape index (κ1) is 36.9. The van der Waals surface area contributed by atoms with Crippen molar-refractivity contribution < 1.29 is 24.5 Å². The number of hydrogen-bond donors (Lipinski definition) is 2. The van der Waals surface area contributed by atoms with Crippen molar-refractivity contribution in [2.45, 2.75) is 58.7 Å². The molecule has 6 rings (SSSR count). The van der Waals surface area contributed by atoms with Gasteiger partial charge in [0.1, 0.15) is 17.6 Å². The van der Waals surface area contributed by atoms with E-state index < -0.39 is 18.2 Å². The highest BCUT2D eigenvalue weighted by atomic mass is 16.6. The molecule has 0 aliphatic heterocycles. The van der Waals surface area contributed by atoms with Crippen LogP contribution >= 0.6 is 0 Å². The lowest BCUT2D eigenvalue weighted by molar-refractivity contribution is -0.161. The third-order valence-corrected chi connectivity index (χ3v) is 9.39. The fourth-order valence-electron chi connectivity index (χ4n) is 6.22. The van der Waals surface area contributed by atoms with Gasteiger partial charge in [0, 0.05) is 29.7 Å². The van der Waals surface area contributed by atoms with Gasteiger partial charge in [-0.25, -0.2) is 19.7 Å². The van der Waals surface area contributed by atoms with Gasteiger partial charge in [-0.3, -0.25) is 0 Å². The molecular weight excluding hydrogens is 663 g/mol. The van der Waals surface area contributed by atoms with E-state index in [4.69, 9.17) is 24.4 Å². The number of hydrogen-bond acceptors (Lipinski definition) is 8. The first-order chi connectivity index (χ1) is 25.9. The van der Waals surface area contributed by atoms with Crippen LogP contribution < -0.4 is 4.74 Å². The van der Waals surface area contributed by atoms with Gasteiger partial charge in [-0.1, -0.05) is 136 Å². The molecule has 0 bridgehead atoms. The van der Waals surface area contributed by atoms with Crippen LogP contribution in [0.2, 0.25) is 0 Å². The molecule has 8 nitrogen and oxygen atoms in total. The second kappa shape index (κ2) is 17.6. The van der Waals surface area contributed by atoms with Crippen LogP contribution in [0.4, 0.5) is 0 Å². The Morgan fingerprint density at radius 3 is 1.62 bits per heavy atom. The minimum atomic E-state index is -0.936. The van der Waals surface area contributed by atoms with E-state index in [1.807, 2.05) is 91.9 Å². The van der Waals surface area contributed by atoms with Crippen LogP contribution in [-0.4, -0.2) is 49.9 Å². The molecule has 0 saturated heterocycles. The molecule has 0 amide bonds. The molecule has 6 aromatic rings. The highest BCUT2D eigenvalue weighted by molar-refractivity contribution is 5.76. The number of nitrogens with zero attached hydrogens (tertiary/aromatic N) is 3. The van der Waals surface area contributed by atoms with Crippen molar-refractivity contribution in [1.29, 1.82) is 0 Å². The Morgan fingerprint density at radius 2 is 1.15 bits per heavy atom. The molecule has 0 spiro atoms. The van der Waals surface area contributed by atoms with Gasteiger partial charge in [-0.15, -0.1) is 0 Å². The Hall–Kier alpha value is -5.86. The minimum Gasteiger partial charge on any atom is -0.507 e. The van der Waals surface area contributed by atoms with E-state index in [1.165, 1.54) is 6.07 Å². The molecule has 8 heteroatoms. The zero-order valence-electron chi connectivity index (χ0n) is 30.4. The normalized spacial score (nSPS) is 12.8. The van der Waals surface area contributed by atoms with Gasteiger partial charge in [0.15, 0.2) is 23.6 Å². The number of aliphatic hydroxyl groups is 1. The van der Waals surface area contributed by atoms with Crippen LogP contribution in [0.25, 0.3) is 56.4 Å². The molecule has 0 saturated carbocycles. The van der Waals surface area contributed by atoms with Crippen LogP contribution in [0, 0.1) is 5.92 Å². The Balaban J connectivity index is 1.29. The standard InChI is InChI=1S/C45H45N3O5/c1-4-6-17-41(31(5-2)29-49)53-45(51)30(3)52-38-26-27-39(40(50)28-38)44-47-42(36-22-18-34(19-23-36)32-13-9-7-10-14-32)46-43(48-44)37-24-20-35(21-25-37)33-15-11-8-12-16-33/h7-16,18-28,30-31,41,49-50H,4-6,17,29H2,1-3H3. The first-order valence-corrected chi connectivity index (χ1v) is 18.3. The lowest BCUT2D eigenvalue weighted by Crippen LogP contribution is -2.35. The molecule has 0 radical (unpaired) electrons. The summed E-state index contributed by atoms with van der Waals surface area (Å²) in [5.74, 6) is 0.714. The summed E-state index contributed by atoms with van der Waals surface area (Å²) in [6.45, 7) is 5.60. The van der Waals surface area contributed by atoms with E-state index in [9.17, 15) is 15.0 Å². The Bertz CT molecular complexity index is 1980. The smallest absolute Gasteiger partial charge is 0.347 e. The highest BCUT2D eigenvalue weighted by Gasteiger charge is 2.27. The number of aromatic hydroxyl groups is 1. The highest BCUT2D eigenvalue weighted by Crippen LogP contribution is 2.34. The van der Waals surface area contributed by atoms with Gasteiger partial charge in [0.25, 0.3) is 0 Å². The molecule has 0 aliphatic carbocycles. The number of phenolic OH excluding ortho intramolecular Hbond substituents is 1. The van der Waals surface area contributed by atoms with Crippen LogP contribution in [-0.2, 0) is 9.53 Å². The molecule has 0 fully saturated rings. The van der Waals surface area contributed by atoms with E-state index in [2.05, 4.69) is 31.2 Å². The number of phenols is 1. The molecule has 1 heterocycles. The molecule has 53 heavy (non-hydrogen) atoms. The number of aromatic nitrogens is 3. The number of benzene rings is 5. The van der Waals surface area contributed by atoms with Gasteiger partial charge < -0.3 is 19.7 Å². The molecule has 3 atom stereocenters. The second-order valence-corrected chi connectivity index (χ2v) is 13.1. The SMILES string of the molecule is CCCCC(OC(=O)C(C)Oc1ccc(-c2nc(-c3ccc(-c4ccccc4)cc3)nc(-c3ccc(-c4ccccc4)cc3)n2)c(O)c1)C(CC)CO. The summed E-state index contributed by atoms with van der Waals surface area (Å²) in [5.41, 5.74) is 6.33. The number of ether oxygens (including phenoxy) is 2.